The molecule has 0 bridgehead atoms. The van der Waals surface area contributed by atoms with Crippen molar-refractivity contribution in [2.24, 2.45) is 0 Å². The maximum atomic E-state index is 11.3. The highest BCUT2D eigenvalue weighted by atomic mass is 16.7. The van der Waals surface area contributed by atoms with E-state index < -0.39 is 5.79 Å². The zero-order chi connectivity index (χ0) is 10.4. The standard InChI is InChI=1S/C11H18O3/c1-3-4-5-7-11(13-2)9-10(12)6-8-14-11/h3-4H,5-9H2,1-2H3/b4-3+/t11-/m1/s1. The molecular formula is C11H18O3. The van der Waals surface area contributed by atoms with E-state index in [0.29, 0.717) is 19.4 Å². The van der Waals surface area contributed by atoms with E-state index in [2.05, 4.69) is 6.08 Å². The molecule has 0 saturated carbocycles. The largest absolute Gasteiger partial charge is 0.353 e. The summed E-state index contributed by atoms with van der Waals surface area (Å²) >= 11 is 0. The molecule has 3 heteroatoms. The van der Waals surface area contributed by atoms with Crippen molar-refractivity contribution in [2.45, 2.75) is 38.4 Å². The minimum absolute atomic E-state index is 0.235. The lowest BCUT2D eigenvalue weighted by Gasteiger charge is -2.34. The lowest BCUT2D eigenvalue weighted by atomic mass is 9.99. The summed E-state index contributed by atoms with van der Waals surface area (Å²) in [5.74, 6) is -0.423. The van der Waals surface area contributed by atoms with E-state index in [0.717, 1.165) is 12.8 Å². The molecule has 0 unspecified atom stereocenters. The summed E-state index contributed by atoms with van der Waals surface area (Å²) in [6.07, 6.45) is 6.60. The van der Waals surface area contributed by atoms with Crippen LogP contribution >= 0.6 is 0 Å². The molecule has 1 aliphatic rings. The van der Waals surface area contributed by atoms with Crippen LogP contribution in [-0.4, -0.2) is 25.3 Å². The van der Waals surface area contributed by atoms with Gasteiger partial charge < -0.3 is 9.47 Å². The van der Waals surface area contributed by atoms with Crippen LogP contribution in [0.4, 0.5) is 0 Å². The molecule has 1 heterocycles. The second-order valence-corrected chi connectivity index (χ2v) is 3.54. The van der Waals surface area contributed by atoms with Crippen molar-refractivity contribution in [1.82, 2.24) is 0 Å². The fourth-order valence-corrected chi connectivity index (χ4v) is 1.65. The summed E-state index contributed by atoms with van der Waals surface area (Å²) in [5, 5.41) is 0. The highest BCUT2D eigenvalue weighted by molar-refractivity contribution is 5.79. The smallest absolute Gasteiger partial charge is 0.175 e. The molecule has 3 nitrogen and oxygen atoms in total. The fraction of sp³-hybridized carbons (Fsp3) is 0.727. The molecule has 1 saturated heterocycles. The van der Waals surface area contributed by atoms with Gasteiger partial charge in [-0.25, -0.2) is 0 Å². The van der Waals surface area contributed by atoms with E-state index >= 15 is 0 Å². The summed E-state index contributed by atoms with van der Waals surface area (Å²) in [5.41, 5.74) is 0. The van der Waals surface area contributed by atoms with Gasteiger partial charge in [-0.15, -0.1) is 0 Å². The molecule has 1 fully saturated rings. The van der Waals surface area contributed by atoms with Gasteiger partial charge in [-0.05, 0) is 13.3 Å². The molecule has 0 spiro atoms. The van der Waals surface area contributed by atoms with Crippen molar-refractivity contribution >= 4 is 5.78 Å². The van der Waals surface area contributed by atoms with Crippen LogP contribution in [0.5, 0.6) is 0 Å². The summed E-state index contributed by atoms with van der Waals surface area (Å²) in [6.45, 7) is 2.47. The van der Waals surface area contributed by atoms with Gasteiger partial charge in [-0.3, -0.25) is 4.79 Å². The van der Waals surface area contributed by atoms with Crippen LogP contribution in [0.1, 0.15) is 32.6 Å². The fourth-order valence-electron chi connectivity index (χ4n) is 1.65. The highest BCUT2D eigenvalue weighted by Crippen LogP contribution is 2.28. The van der Waals surface area contributed by atoms with E-state index in [1.165, 1.54) is 0 Å². The predicted molar refractivity (Wildman–Crippen MR) is 54.0 cm³/mol. The number of carbonyl (C=O) groups excluding carboxylic acids is 1. The zero-order valence-electron chi connectivity index (χ0n) is 8.91. The van der Waals surface area contributed by atoms with Crippen LogP contribution in [0.3, 0.4) is 0 Å². The molecular weight excluding hydrogens is 180 g/mol. The van der Waals surface area contributed by atoms with Crippen LogP contribution in [-0.2, 0) is 14.3 Å². The third-order valence-electron chi connectivity index (χ3n) is 2.51. The SMILES string of the molecule is C/C=C/CC[C@]1(OC)CC(=O)CCO1. The Morgan fingerprint density at radius 2 is 2.43 bits per heavy atom. The Morgan fingerprint density at radius 3 is 3.00 bits per heavy atom. The Morgan fingerprint density at radius 1 is 1.64 bits per heavy atom. The lowest BCUT2D eigenvalue weighted by molar-refractivity contribution is -0.238. The maximum absolute atomic E-state index is 11.3. The minimum atomic E-state index is -0.658. The third-order valence-corrected chi connectivity index (χ3v) is 2.51. The topological polar surface area (TPSA) is 35.5 Å². The third kappa shape index (κ3) is 2.93. The van der Waals surface area contributed by atoms with Crippen molar-refractivity contribution < 1.29 is 14.3 Å². The van der Waals surface area contributed by atoms with Crippen molar-refractivity contribution in [3.63, 3.8) is 0 Å². The number of hydrogen-bond donors (Lipinski definition) is 0. The monoisotopic (exact) mass is 198 g/mol. The van der Waals surface area contributed by atoms with Gasteiger partial charge in [0.1, 0.15) is 5.78 Å². The van der Waals surface area contributed by atoms with Gasteiger partial charge in [0.05, 0.1) is 13.0 Å². The first-order chi connectivity index (χ1) is 6.72. The molecule has 14 heavy (non-hydrogen) atoms. The molecule has 0 aliphatic carbocycles. The van der Waals surface area contributed by atoms with E-state index in [1.807, 2.05) is 13.0 Å². The van der Waals surface area contributed by atoms with Crippen LogP contribution in [0, 0.1) is 0 Å². The molecule has 1 aliphatic heterocycles. The van der Waals surface area contributed by atoms with Gasteiger partial charge in [-0.1, -0.05) is 12.2 Å². The molecule has 0 N–H and O–H groups in total. The van der Waals surface area contributed by atoms with Crippen molar-refractivity contribution in [2.75, 3.05) is 13.7 Å². The number of methoxy groups -OCH3 is 1. The van der Waals surface area contributed by atoms with E-state index in [4.69, 9.17) is 9.47 Å². The van der Waals surface area contributed by atoms with Gasteiger partial charge >= 0.3 is 0 Å². The Balaban J connectivity index is 2.51. The number of carbonyl (C=O) groups is 1. The van der Waals surface area contributed by atoms with Crippen molar-refractivity contribution in [1.29, 1.82) is 0 Å². The maximum Gasteiger partial charge on any atom is 0.175 e. The molecule has 1 atom stereocenters. The Hall–Kier alpha value is -0.670. The quantitative estimate of drug-likeness (QED) is 0.649. The minimum Gasteiger partial charge on any atom is -0.353 e. The van der Waals surface area contributed by atoms with Crippen LogP contribution in [0.25, 0.3) is 0 Å². The predicted octanol–water partition coefficient (Wildman–Crippen LogP) is 2.06. The summed E-state index contributed by atoms with van der Waals surface area (Å²) < 4.78 is 10.9. The number of allylic oxidation sites excluding steroid dienone is 2. The average molecular weight is 198 g/mol. The molecule has 0 aromatic rings. The lowest BCUT2D eigenvalue weighted by Crippen LogP contribution is -2.41. The van der Waals surface area contributed by atoms with Gasteiger partial charge in [-0.2, -0.15) is 0 Å². The summed E-state index contributed by atoms with van der Waals surface area (Å²) in [7, 11) is 1.61. The highest BCUT2D eigenvalue weighted by Gasteiger charge is 2.36. The molecule has 0 aromatic carbocycles. The average Bonchev–Trinajstić information content (AvgIpc) is 2.18. The molecule has 80 valence electrons. The van der Waals surface area contributed by atoms with E-state index in [-0.39, 0.29) is 5.78 Å². The number of Topliss-reactive ketones (excluding diaryl/α,β-unsaturated/α-hetero) is 1. The van der Waals surface area contributed by atoms with Crippen molar-refractivity contribution in [3.8, 4) is 0 Å². The first-order valence-corrected chi connectivity index (χ1v) is 5.04. The normalized spacial score (nSPS) is 28.6. The van der Waals surface area contributed by atoms with Gasteiger partial charge in [0.2, 0.25) is 0 Å². The number of rotatable bonds is 4. The Bertz CT molecular complexity index is 223. The number of ether oxygens (including phenoxy) is 2. The van der Waals surface area contributed by atoms with Crippen LogP contribution < -0.4 is 0 Å². The Labute approximate surface area is 85.1 Å². The van der Waals surface area contributed by atoms with E-state index in [9.17, 15) is 4.79 Å². The first kappa shape index (κ1) is 11.4. The van der Waals surface area contributed by atoms with Gasteiger partial charge in [0.15, 0.2) is 5.79 Å². The van der Waals surface area contributed by atoms with Gasteiger partial charge in [0, 0.05) is 20.0 Å². The summed E-state index contributed by atoms with van der Waals surface area (Å²) in [4.78, 5) is 11.3. The van der Waals surface area contributed by atoms with Crippen LogP contribution in [0.2, 0.25) is 0 Å². The molecule has 0 aromatic heterocycles. The second kappa shape index (κ2) is 5.27. The second-order valence-electron chi connectivity index (χ2n) is 3.54. The van der Waals surface area contributed by atoms with E-state index in [1.54, 1.807) is 7.11 Å². The first-order valence-electron chi connectivity index (χ1n) is 5.04. The van der Waals surface area contributed by atoms with Crippen molar-refractivity contribution in [3.05, 3.63) is 12.2 Å². The molecule has 0 amide bonds. The van der Waals surface area contributed by atoms with Gasteiger partial charge in [0.25, 0.3) is 0 Å². The molecule has 0 radical (unpaired) electrons. The van der Waals surface area contributed by atoms with Crippen LogP contribution in [0.15, 0.2) is 12.2 Å². The zero-order valence-corrected chi connectivity index (χ0v) is 8.91. The Kier molecular flexibility index (Phi) is 4.29. The number of hydrogen-bond acceptors (Lipinski definition) is 3. The summed E-state index contributed by atoms with van der Waals surface area (Å²) in [6, 6.07) is 0. The molecule has 1 rings (SSSR count). The number of ketones is 1.